The summed E-state index contributed by atoms with van der Waals surface area (Å²) in [5.74, 6) is 0.825. The first-order chi connectivity index (χ1) is 24.7. The molecule has 2 saturated heterocycles. The number of benzene rings is 2. The summed E-state index contributed by atoms with van der Waals surface area (Å²) in [6.07, 6.45) is 4.87. The van der Waals surface area contributed by atoms with Gasteiger partial charge >= 0.3 is 5.97 Å². The Morgan fingerprint density at radius 1 is 1.08 bits per heavy atom. The Hall–Kier alpha value is -2.96. The van der Waals surface area contributed by atoms with Crippen molar-refractivity contribution in [3.8, 4) is 11.1 Å². The first kappa shape index (κ1) is 37.4. The molecule has 2 aromatic heterocycles. The summed E-state index contributed by atoms with van der Waals surface area (Å²) in [4.78, 5) is 22.8. The van der Waals surface area contributed by atoms with Gasteiger partial charge in [0.25, 0.3) is 0 Å². The molecule has 0 bridgehead atoms. The fraction of sp³-hybridized carbons (Fsp3) is 0.564. The van der Waals surface area contributed by atoms with Gasteiger partial charge in [0.1, 0.15) is 11.7 Å². The monoisotopic (exact) mass is 768 g/mol. The predicted molar refractivity (Wildman–Crippen MR) is 209 cm³/mol. The minimum Gasteiger partial charge on any atom is -0.464 e. The molecule has 3 aliphatic rings. The third kappa shape index (κ3) is 7.40. The number of halogens is 3. The molecule has 280 valence electrons. The van der Waals surface area contributed by atoms with Gasteiger partial charge in [0.15, 0.2) is 14.4 Å². The maximum Gasteiger partial charge on any atom is 0.337 e. The van der Waals surface area contributed by atoms with Crippen LogP contribution in [0.1, 0.15) is 58.0 Å². The lowest BCUT2D eigenvalue weighted by Gasteiger charge is -2.44. The number of alkyl halides is 1. The molecule has 0 amide bonds. The second kappa shape index (κ2) is 14.7. The number of anilines is 1. The number of hydrogen-bond acceptors (Lipinski definition) is 7. The topological polar surface area (TPSA) is 77.7 Å². The van der Waals surface area contributed by atoms with Gasteiger partial charge in [-0.3, -0.25) is 4.68 Å². The van der Waals surface area contributed by atoms with Gasteiger partial charge in [-0.05, 0) is 80.7 Å². The van der Waals surface area contributed by atoms with Crippen molar-refractivity contribution >= 4 is 54.1 Å². The van der Waals surface area contributed by atoms with E-state index >= 15 is 0 Å². The van der Waals surface area contributed by atoms with Crippen LogP contribution in [-0.2, 0) is 26.9 Å². The lowest BCUT2D eigenvalue weighted by atomic mass is 9.94. The number of carbonyl (C=O) groups is 1. The molecule has 0 aliphatic carbocycles. The van der Waals surface area contributed by atoms with Gasteiger partial charge in [0.05, 0.1) is 35.2 Å². The lowest BCUT2D eigenvalue weighted by molar-refractivity contribution is -0.146. The normalized spacial score (nSPS) is 19.6. The summed E-state index contributed by atoms with van der Waals surface area (Å²) in [6, 6.07) is 9.27. The molecule has 0 saturated carbocycles. The third-order valence-corrected chi connectivity index (χ3v) is 16.9. The number of rotatable bonds is 11. The molecule has 0 N–H and O–H groups in total. The number of piperidine rings is 1. The van der Waals surface area contributed by atoms with Crippen molar-refractivity contribution in [3.05, 3.63) is 64.3 Å². The van der Waals surface area contributed by atoms with Gasteiger partial charge in [-0.15, -0.1) is 0 Å². The van der Waals surface area contributed by atoms with Crippen LogP contribution in [0.15, 0.2) is 42.9 Å². The van der Waals surface area contributed by atoms with Crippen molar-refractivity contribution in [3.63, 3.8) is 0 Å². The summed E-state index contributed by atoms with van der Waals surface area (Å²) < 4.78 is 29.5. The smallest absolute Gasteiger partial charge is 0.337 e. The minimum atomic E-state index is -1.69. The van der Waals surface area contributed by atoms with Crippen molar-refractivity contribution in [2.45, 2.75) is 83.8 Å². The third-order valence-electron chi connectivity index (χ3n) is 11.7. The van der Waals surface area contributed by atoms with E-state index in [1.54, 1.807) is 24.0 Å². The number of esters is 1. The molecule has 52 heavy (non-hydrogen) atoms. The van der Waals surface area contributed by atoms with Crippen molar-refractivity contribution in [2.24, 2.45) is 11.8 Å². The maximum atomic E-state index is 14.3. The van der Waals surface area contributed by atoms with E-state index in [0.717, 1.165) is 50.5 Å². The fourth-order valence-electron chi connectivity index (χ4n) is 7.54. The summed E-state index contributed by atoms with van der Waals surface area (Å²) >= 11 is 13.9. The number of likely N-dealkylation sites (tertiary alicyclic amines) is 1. The predicted octanol–water partition coefficient (Wildman–Crippen LogP) is 8.42. The van der Waals surface area contributed by atoms with Crippen molar-refractivity contribution in [1.82, 2.24) is 24.2 Å². The summed E-state index contributed by atoms with van der Waals surface area (Å²) in [7, 11) is -1.69. The summed E-state index contributed by atoms with van der Waals surface area (Å²) in [5.41, 5.74) is 4.43. The van der Waals surface area contributed by atoms with Crippen LogP contribution < -0.4 is 4.90 Å². The van der Waals surface area contributed by atoms with E-state index in [0.29, 0.717) is 44.2 Å². The van der Waals surface area contributed by atoms with Crippen LogP contribution in [0.2, 0.25) is 28.2 Å². The Labute approximate surface area is 317 Å². The van der Waals surface area contributed by atoms with Crippen molar-refractivity contribution in [2.75, 3.05) is 50.8 Å². The number of nitrogens with zero attached hydrogens (tertiary/aromatic N) is 6. The Morgan fingerprint density at radius 2 is 1.79 bits per heavy atom. The van der Waals surface area contributed by atoms with Crippen molar-refractivity contribution in [1.29, 1.82) is 0 Å². The molecular weight excluding hydrogens is 718 g/mol. The lowest BCUT2D eigenvalue weighted by Crippen LogP contribution is -2.52. The molecule has 0 radical (unpaired) electrons. The Bertz CT molecular complexity index is 1910. The van der Waals surface area contributed by atoms with Gasteiger partial charge in [-0.1, -0.05) is 56.1 Å². The fourth-order valence-corrected chi connectivity index (χ4v) is 9.18. The first-order valence-electron chi connectivity index (χ1n) is 18.7. The molecule has 7 rings (SSSR count). The zero-order valence-corrected chi connectivity index (χ0v) is 33.7. The Balaban J connectivity index is 0.986. The number of aromatic nitrogens is 4. The Kier molecular flexibility index (Phi) is 10.6. The van der Waals surface area contributed by atoms with Gasteiger partial charge in [-0.25, -0.2) is 14.2 Å². The highest BCUT2D eigenvalue weighted by atomic mass is 35.5. The standard InChI is InChI=1S/C39H51Cl2FN6O3Si/c1-7-50-38(49)37(36-33-16-28(42)21-47(33)24-43-36)48-22-31-32(40)17-30(34(41)35(31)44-48)27-8-10-29(11-9-27)46-19-26(20-46)18-45-14-12-25(13-15-45)23-51-52(5,6)39(2,3)4/h8-11,17,22,24-26,28,37H,7,12-16,18-21,23H2,1-6H3/t28-,37?/m1/s1. The van der Waals surface area contributed by atoms with E-state index < -0.39 is 26.5 Å². The van der Waals surface area contributed by atoms with Crippen LogP contribution in [0.3, 0.4) is 0 Å². The van der Waals surface area contributed by atoms with E-state index in [-0.39, 0.29) is 24.6 Å². The largest absolute Gasteiger partial charge is 0.464 e. The number of ether oxygens (including phenoxy) is 1. The van der Waals surface area contributed by atoms with E-state index in [1.165, 1.54) is 23.2 Å². The van der Waals surface area contributed by atoms with Gasteiger partial charge in [0, 0.05) is 67.1 Å². The summed E-state index contributed by atoms with van der Waals surface area (Å²) in [6.45, 7) is 20.3. The zero-order chi connectivity index (χ0) is 36.9. The van der Waals surface area contributed by atoms with Crippen LogP contribution in [-0.4, -0.2) is 90.6 Å². The number of hydrogen-bond donors (Lipinski definition) is 0. The number of carbonyl (C=O) groups excluding carboxylic acids is 1. The quantitative estimate of drug-likeness (QED) is 0.112. The maximum absolute atomic E-state index is 14.3. The van der Waals surface area contributed by atoms with Crippen LogP contribution in [0.25, 0.3) is 22.0 Å². The molecule has 0 spiro atoms. The minimum absolute atomic E-state index is 0.179. The second-order valence-electron chi connectivity index (χ2n) is 16.4. The molecule has 3 aliphatic heterocycles. The zero-order valence-electron chi connectivity index (χ0n) is 31.2. The number of imidazole rings is 1. The second-order valence-corrected chi connectivity index (χ2v) is 22.0. The molecular formula is C39H51Cl2FN6O3Si. The number of fused-ring (bicyclic) bond motifs is 2. The van der Waals surface area contributed by atoms with Crippen LogP contribution in [0.4, 0.5) is 10.1 Å². The molecule has 4 aromatic rings. The molecule has 13 heteroatoms. The summed E-state index contributed by atoms with van der Waals surface area (Å²) in [5, 5.41) is 6.52. The van der Waals surface area contributed by atoms with E-state index in [4.69, 9.17) is 37.5 Å². The van der Waals surface area contributed by atoms with Gasteiger partial charge in [0.2, 0.25) is 0 Å². The molecule has 2 atom stereocenters. The molecule has 9 nitrogen and oxygen atoms in total. The molecule has 5 heterocycles. The van der Waals surface area contributed by atoms with Crippen LogP contribution in [0.5, 0.6) is 0 Å². The Morgan fingerprint density at radius 3 is 2.46 bits per heavy atom. The molecule has 2 fully saturated rings. The van der Waals surface area contributed by atoms with E-state index in [2.05, 4.69) is 72.9 Å². The average molecular weight is 770 g/mol. The highest BCUT2D eigenvalue weighted by Crippen LogP contribution is 2.41. The van der Waals surface area contributed by atoms with Gasteiger partial charge < -0.3 is 23.5 Å². The van der Waals surface area contributed by atoms with Crippen molar-refractivity contribution < 1.29 is 18.3 Å². The van der Waals surface area contributed by atoms with Crippen LogP contribution >= 0.6 is 23.2 Å². The van der Waals surface area contributed by atoms with Gasteiger partial charge in [-0.2, -0.15) is 5.10 Å². The van der Waals surface area contributed by atoms with Crippen LogP contribution in [0, 0.1) is 11.8 Å². The highest BCUT2D eigenvalue weighted by molar-refractivity contribution is 6.74. The SMILES string of the molecule is CCOC(=O)C(c1ncn2c1C[C@@H](F)C2)n1cc2c(Cl)cc(-c3ccc(N4CC(CN5CCC(CO[Si](C)(C)C(C)(C)C)CC5)C4)cc3)c(Cl)c2n1. The molecule has 1 unspecified atom stereocenters. The highest BCUT2D eigenvalue weighted by Gasteiger charge is 2.38. The van der Waals surface area contributed by atoms with E-state index in [1.807, 2.05) is 6.07 Å². The molecule has 2 aromatic carbocycles. The first-order valence-corrected chi connectivity index (χ1v) is 22.3. The average Bonchev–Trinajstić information content (AvgIpc) is 3.79. The van der Waals surface area contributed by atoms with E-state index in [9.17, 15) is 9.18 Å².